The molecule has 140 valence electrons. The molecule has 0 aliphatic carbocycles. The topological polar surface area (TPSA) is 45.7 Å². The summed E-state index contributed by atoms with van der Waals surface area (Å²) in [6, 6.07) is 16.0. The van der Waals surface area contributed by atoms with Crippen molar-refractivity contribution in [1.82, 2.24) is 0 Å². The fraction of sp³-hybridized carbons (Fsp3) is 0.190. The molecule has 0 spiro atoms. The molecule has 0 fully saturated rings. The Hall–Kier alpha value is -2.21. The van der Waals surface area contributed by atoms with Gasteiger partial charge in [0.15, 0.2) is 6.04 Å². The zero-order valence-electron chi connectivity index (χ0n) is 15.1. The maximum atomic E-state index is 13.2. The lowest BCUT2D eigenvalue weighted by atomic mass is 10.0. The van der Waals surface area contributed by atoms with Gasteiger partial charge in [0.25, 0.3) is 5.91 Å². The number of carbonyl (C=O) groups excluding carboxylic acids is 1. The van der Waals surface area contributed by atoms with E-state index in [0.29, 0.717) is 5.69 Å². The van der Waals surface area contributed by atoms with Crippen LogP contribution in [0.2, 0.25) is 5.02 Å². The number of nitrogens with two attached hydrogens (primary N) is 1. The minimum atomic E-state index is -0.435. The Morgan fingerprint density at radius 2 is 1.93 bits per heavy atom. The molecule has 1 aromatic heterocycles. The molecule has 2 atom stereocenters. The number of halogens is 2. The number of hydrogen-bond acceptors (Lipinski definition) is 2. The summed E-state index contributed by atoms with van der Waals surface area (Å²) in [5, 5.41) is 7.03. The van der Waals surface area contributed by atoms with Crippen LogP contribution in [0.25, 0.3) is 0 Å². The number of thiophene rings is 1. The number of aryl methyl sites for hydroxylation is 1. The summed E-state index contributed by atoms with van der Waals surface area (Å²) in [7, 11) is 0. The van der Waals surface area contributed by atoms with Crippen LogP contribution in [-0.4, -0.2) is 11.9 Å². The predicted octanol–water partition coefficient (Wildman–Crippen LogP) is 4.53. The molecule has 0 aliphatic rings. The van der Waals surface area contributed by atoms with Crippen LogP contribution in [0.3, 0.4) is 0 Å². The Bertz CT molecular complexity index is 912. The molecular weight excluding hydrogens is 383 g/mol. The van der Waals surface area contributed by atoms with Gasteiger partial charge in [-0.25, -0.2) is 4.39 Å². The number of rotatable bonds is 6. The van der Waals surface area contributed by atoms with Gasteiger partial charge in [-0.1, -0.05) is 47.5 Å². The van der Waals surface area contributed by atoms with Crippen molar-refractivity contribution in [2.24, 2.45) is 0 Å². The zero-order valence-corrected chi connectivity index (χ0v) is 16.7. The van der Waals surface area contributed by atoms with Gasteiger partial charge < -0.3 is 10.6 Å². The fourth-order valence-corrected chi connectivity index (χ4v) is 3.87. The van der Waals surface area contributed by atoms with Crippen LogP contribution < -0.4 is 10.6 Å². The fourth-order valence-electron chi connectivity index (χ4n) is 2.83. The molecule has 3 rings (SSSR count). The highest BCUT2D eigenvalue weighted by atomic mass is 35.5. The van der Waals surface area contributed by atoms with E-state index in [2.05, 4.69) is 42.6 Å². The molecule has 3 nitrogen and oxygen atoms in total. The minimum absolute atomic E-state index is 0.0232. The van der Waals surface area contributed by atoms with Gasteiger partial charge in [-0.05, 0) is 43.5 Å². The molecule has 0 unspecified atom stereocenters. The van der Waals surface area contributed by atoms with Gasteiger partial charge in [0.2, 0.25) is 0 Å². The molecule has 3 N–H and O–H groups in total. The maximum Gasteiger partial charge on any atom is 0.282 e. The van der Waals surface area contributed by atoms with Crippen molar-refractivity contribution < 1.29 is 14.5 Å². The average Bonchev–Trinajstić information content (AvgIpc) is 3.17. The van der Waals surface area contributed by atoms with Gasteiger partial charge >= 0.3 is 0 Å². The van der Waals surface area contributed by atoms with Crippen LogP contribution in [0.4, 0.5) is 10.1 Å². The summed E-state index contributed by atoms with van der Waals surface area (Å²) < 4.78 is 13.2. The molecule has 3 aromatic rings. The maximum absolute atomic E-state index is 13.2. The second-order valence-corrected chi connectivity index (χ2v) is 7.88. The summed E-state index contributed by atoms with van der Waals surface area (Å²) in [4.78, 5) is 13.8. The van der Waals surface area contributed by atoms with Crippen molar-refractivity contribution in [1.29, 1.82) is 0 Å². The molecule has 0 saturated carbocycles. The molecular formula is C21H21ClFN2OS+. The van der Waals surface area contributed by atoms with E-state index < -0.39 is 5.82 Å². The van der Waals surface area contributed by atoms with E-state index in [9.17, 15) is 9.18 Å². The molecule has 1 heterocycles. The molecule has 1 amide bonds. The molecule has 2 aromatic carbocycles. The number of carbonyl (C=O) groups is 1. The highest BCUT2D eigenvalue weighted by Gasteiger charge is 2.26. The van der Waals surface area contributed by atoms with E-state index in [-0.39, 0.29) is 23.0 Å². The van der Waals surface area contributed by atoms with Crippen molar-refractivity contribution in [2.45, 2.75) is 25.9 Å². The third-order valence-corrected chi connectivity index (χ3v) is 5.64. The second kappa shape index (κ2) is 8.65. The smallest absolute Gasteiger partial charge is 0.282 e. The highest BCUT2D eigenvalue weighted by molar-refractivity contribution is 7.10. The van der Waals surface area contributed by atoms with Crippen LogP contribution in [-0.2, 0) is 4.79 Å². The Labute approximate surface area is 167 Å². The van der Waals surface area contributed by atoms with Gasteiger partial charge in [0.1, 0.15) is 11.9 Å². The minimum Gasteiger partial charge on any atom is -0.326 e. The zero-order chi connectivity index (χ0) is 19.4. The van der Waals surface area contributed by atoms with E-state index in [1.165, 1.54) is 28.6 Å². The summed E-state index contributed by atoms with van der Waals surface area (Å²) in [5.41, 5.74) is 2.74. The van der Waals surface area contributed by atoms with Gasteiger partial charge in [-0.3, -0.25) is 4.79 Å². The highest BCUT2D eigenvalue weighted by Crippen LogP contribution is 2.24. The lowest BCUT2D eigenvalue weighted by Crippen LogP contribution is -2.92. The number of benzene rings is 2. The summed E-state index contributed by atoms with van der Waals surface area (Å²) >= 11 is 7.68. The van der Waals surface area contributed by atoms with E-state index in [1.807, 2.05) is 23.7 Å². The summed E-state index contributed by atoms with van der Waals surface area (Å²) in [6.07, 6.45) is 0. The van der Waals surface area contributed by atoms with Gasteiger partial charge in [-0.15, -0.1) is 11.3 Å². The summed E-state index contributed by atoms with van der Waals surface area (Å²) in [5.74, 6) is -0.619. The standard InChI is InChI=1S/C21H20ClFN2OS/c1-13-5-7-15(8-6-13)20(19-4-3-11-27-19)24-14(2)21(26)25-18-10-9-16(23)12-17(18)22/h3-12,14,20,24H,1-2H3,(H,25,26)/p+1/t14-,20+/m0/s1. The van der Waals surface area contributed by atoms with Crippen molar-refractivity contribution in [3.05, 3.63) is 86.8 Å². The van der Waals surface area contributed by atoms with Gasteiger partial charge in [0.05, 0.1) is 15.6 Å². The molecule has 6 heteroatoms. The molecule has 0 aliphatic heterocycles. The normalized spacial score (nSPS) is 13.2. The Morgan fingerprint density at radius 1 is 1.19 bits per heavy atom. The number of nitrogens with one attached hydrogen (secondary N) is 1. The third kappa shape index (κ3) is 4.95. The quantitative estimate of drug-likeness (QED) is 0.624. The van der Waals surface area contributed by atoms with E-state index >= 15 is 0 Å². The number of hydrogen-bond donors (Lipinski definition) is 2. The first kappa shape index (κ1) is 19.5. The average molecular weight is 404 g/mol. The van der Waals surface area contributed by atoms with E-state index in [1.54, 1.807) is 11.3 Å². The Balaban J connectivity index is 1.76. The Kier molecular flexibility index (Phi) is 6.26. The third-order valence-electron chi connectivity index (χ3n) is 4.37. The predicted molar refractivity (Wildman–Crippen MR) is 109 cm³/mol. The van der Waals surface area contributed by atoms with Crippen molar-refractivity contribution in [3.8, 4) is 0 Å². The van der Waals surface area contributed by atoms with Crippen molar-refractivity contribution in [3.63, 3.8) is 0 Å². The number of anilines is 1. The first-order valence-electron chi connectivity index (χ1n) is 8.65. The molecule has 0 bridgehead atoms. The molecule has 0 radical (unpaired) electrons. The van der Waals surface area contributed by atoms with Gasteiger partial charge in [-0.2, -0.15) is 0 Å². The van der Waals surface area contributed by atoms with Gasteiger partial charge in [0, 0.05) is 5.56 Å². The monoisotopic (exact) mass is 403 g/mol. The van der Waals surface area contributed by atoms with Crippen LogP contribution in [0, 0.1) is 12.7 Å². The molecule has 27 heavy (non-hydrogen) atoms. The summed E-state index contributed by atoms with van der Waals surface area (Å²) in [6.45, 7) is 3.90. The van der Waals surface area contributed by atoms with Crippen molar-refractivity contribution >= 4 is 34.5 Å². The number of amides is 1. The lowest BCUT2D eigenvalue weighted by molar-refractivity contribution is -0.703. The van der Waals surface area contributed by atoms with Crippen molar-refractivity contribution in [2.75, 3.05) is 5.32 Å². The first-order chi connectivity index (χ1) is 12.9. The first-order valence-corrected chi connectivity index (χ1v) is 9.90. The van der Waals surface area contributed by atoms with E-state index in [0.717, 1.165) is 5.56 Å². The van der Waals surface area contributed by atoms with Crippen LogP contribution in [0.1, 0.15) is 29.0 Å². The van der Waals surface area contributed by atoms with Crippen LogP contribution >= 0.6 is 22.9 Å². The van der Waals surface area contributed by atoms with Crippen LogP contribution in [0.5, 0.6) is 0 Å². The molecule has 0 saturated heterocycles. The van der Waals surface area contributed by atoms with Crippen LogP contribution in [0.15, 0.2) is 60.0 Å². The number of quaternary nitrogens is 1. The second-order valence-electron chi connectivity index (χ2n) is 6.50. The van der Waals surface area contributed by atoms with E-state index in [4.69, 9.17) is 11.6 Å². The Morgan fingerprint density at radius 3 is 2.56 bits per heavy atom. The lowest BCUT2D eigenvalue weighted by Gasteiger charge is -2.20. The largest absolute Gasteiger partial charge is 0.326 e. The SMILES string of the molecule is Cc1ccc([C@@H]([NH2+][C@@H](C)C(=O)Nc2ccc(F)cc2Cl)c2cccs2)cc1.